The zero-order valence-electron chi connectivity index (χ0n) is 60.3. The number of azo groups is 4. The summed E-state index contributed by atoms with van der Waals surface area (Å²) in [6.07, 6.45) is 0. The van der Waals surface area contributed by atoms with Crippen molar-refractivity contribution in [2.24, 2.45) is 40.9 Å². The standard InChI is InChI=1S/C34H30ClN13O19S6.C24H23ClN8O9S3.O3S/c1-38-47-30-26(73(60,61)62)11-15-10-23(68-66-64-50)29(31(49)27(15)28(30)37)48-46-21-6-3-17(13-24(21)71(54,55)56)40-34-42-32(35)41-33(43-34)39-16-2-5-20(19(36)12-16)44-45-22-7-4-18(14-25(22)72(57,58)59)70(52,53)9-8-63-69-67-65-51;1-14-2-4-15(5-3-14)27-23-29-22(25)30-24(31-23)28-16-6-8-19(18(26)12-16)32-33-20-9-7-17(13-21(20)44(36,37)38)43(34,35)11-10-42-45(39,40)41;1-4(2)3/h2-7,10-14,49-51H,8-9,36-37H2,1H3,(H,54,55,56)(H,57,58,59)(H,60,61,62)(H2,39,40,41,42,43);2-9,12-13H,10-11,26H2,1H3,(H,36,37,38)(H,39,40,41)(H2,27,28,29,30,31);. The van der Waals surface area contributed by atoms with Crippen molar-refractivity contribution in [3.8, 4) is 5.75 Å². The molecule has 0 radical (unpaired) electrons. The van der Waals surface area contributed by atoms with E-state index in [1.54, 1.807) is 0 Å². The first-order valence-corrected chi connectivity index (χ1v) is 45.2. The molecule has 18 N–H and O–H groups in total. The lowest BCUT2D eigenvalue weighted by Gasteiger charge is -2.14. The molecule has 122 heavy (non-hydrogen) atoms. The van der Waals surface area contributed by atoms with Gasteiger partial charge in [0.15, 0.2) is 37.7 Å². The van der Waals surface area contributed by atoms with Gasteiger partial charge in [-0.15, -0.1) is 52.0 Å². The molecule has 0 saturated heterocycles. The van der Waals surface area contributed by atoms with Crippen molar-refractivity contribution in [3.05, 3.63) is 144 Å². The van der Waals surface area contributed by atoms with E-state index in [0.717, 1.165) is 59.8 Å². The maximum atomic E-state index is 12.7. The lowest BCUT2D eigenvalue weighted by Crippen LogP contribution is -2.16. The van der Waals surface area contributed by atoms with E-state index in [4.69, 9.17) is 72.3 Å². The largest absolute Gasteiger partial charge is 0.505 e. The molecular weight excluding hydrogens is 1880 g/mol. The molecule has 0 bridgehead atoms. The number of fused-ring (bicyclic) bond motifs is 1. The summed E-state index contributed by atoms with van der Waals surface area (Å²) in [5.74, 6) is -2.65. The highest BCUT2D eigenvalue weighted by Gasteiger charge is 2.29. The van der Waals surface area contributed by atoms with E-state index in [9.17, 15) is 82.2 Å². The lowest BCUT2D eigenvalue weighted by molar-refractivity contribution is -0.434. The van der Waals surface area contributed by atoms with Gasteiger partial charge in [-0.25, -0.2) is 31.5 Å². The molecule has 52 nitrogen and oxygen atoms in total. The molecule has 0 fully saturated rings. The second kappa shape index (κ2) is 41.2. The molecule has 2 heterocycles. The predicted octanol–water partition coefficient (Wildman–Crippen LogP) is 10.7. The molecule has 650 valence electrons. The SMILES string of the molecule is CN=Nc1c(S(=O)(=O)O)cc2cc(SOOO)c(N=Nc3ccc(Nc4nc(Cl)nc(Nc5ccc(N=Nc6ccc(S(=O)(=O)CCOSOOO)cc6S(=O)(=O)O)c(N)c5)n4)cc3S(=O)(=O)O)c(O)c2c1N.Cc1ccc(Nc2nc(Cl)nc(Nc3ccc(N=Nc4ccc(S(=O)(=O)CCOS(=O)(=O)O)cc4S(=O)(=O)O)c(N)c3)n2)cc1.O=S(=O)=O. The smallest absolute Gasteiger partial charge is 0.425 e. The fourth-order valence-corrected chi connectivity index (χ4v) is 16.0. The summed E-state index contributed by atoms with van der Waals surface area (Å²) in [6, 6.07) is 26.3. The molecule has 0 aliphatic heterocycles. The van der Waals surface area contributed by atoms with Crippen molar-refractivity contribution < 1.29 is 137 Å². The monoisotopic (exact) mass is 1930 g/mol. The molecule has 0 aliphatic carbocycles. The topological polar surface area (TPSA) is 810 Å². The van der Waals surface area contributed by atoms with Crippen LogP contribution in [-0.4, -0.2) is 172 Å². The van der Waals surface area contributed by atoms with E-state index < -0.39 is 175 Å². The van der Waals surface area contributed by atoms with E-state index in [1.807, 2.05) is 31.2 Å². The Morgan fingerprint density at radius 1 is 0.459 bits per heavy atom. The van der Waals surface area contributed by atoms with Gasteiger partial charge in [0.1, 0.15) is 59.4 Å². The van der Waals surface area contributed by atoms with Gasteiger partial charge in [-0.1, -0.05) is 27.8 Å². The number of nitrogen functional groups attached to an aromatic ring is 3. The summed E-state index contributed by atoms with van der Waals surface area (Å²) >= 11 is 12.6. The molecule has 10 rings (SSSR count). The Morgan fingerprint density at radius 2 is 0.844 bits per heavy atom. The lowest BCUT2D eigenvalue weighted by atomic mass is 10.1. The van der Waals surface area contributed by atoms with Crippen LogP contribution in [-0.2, 0) is 108 Å². The number of sulfone groups is 2. The average Bonchev–Trinajstić information content (AvgIpc) is 0.745. The van der Waals surface area contributed by atoms with Gasteiger partial charge in [0.25, 0.3) is 40.5 Å². The Kier molecular flexibility index (Phi) is 32.5. The number of phenolic OH excluding ortho intramolecular Hbond substituents is 1. The Balaban J connectivity index is 0.000000321. The fraction of sp³-hybridized carbons (Fsp3) is 0.103. The predicted molar refractivity (Wildman–Crippen MR) is 428 cm³/mol. The molecule has 0 unspecified atom stereocenters. The molecule has 0 aliphatic rings. The summed E-state index contributed by atoms with van der Waals surface area (Å²) in [6.45, 7) is 0.526. The number of phenols is 1. The van der Waals surface area contributed by atoms with Crippen molar-refractivity contribution in [2.75, 3.05) is 70.2 Å². The van der Waals surface area contributed by atoms with E-state index in [0.29, 0.717) is 17.8 Å². The molecule has 2 aromatic heterocycles. The van der Waals surface area contributed by atoms with Crippen LogP contribution in [0.15, 0.2) is 203 Å². The number of rotatable bonds is 34. The van der Waals surface area contributed by atoms with Gasteiger partial charge >= 0.3 is 21.0 Å². The highest BCUT2D eigenvalue weighted by atomic mass is 35.5. The van der Waals surface area contributed by atoms with Gasteiger partial charge in [0.2, 0.25) is 34.4 Å². The van der Waals surface area contributed by atoms with Crippen molar-refractivity contribution in [3.63, 3.8) is 0 Å². The van der Waals surface area contributed by atoms with Gasteiger partial charge < -0.3 is 43.6 Å². The molecular formula is C58H53Cl2N21O31S10. The number of nitrogens with two attached hydrogens (primary N) is 3. The zero-order chi connectivity index (χ0) is 90.0. The molecule has 8 aromatic carbocycles. The number of nitrogens with zero attached hydrogens (tertiary/aromatic N) is 14. The van der Waals surface area contributed by atoms with Gasteiger partial charge in [-0.3, -0.25) is 26.9 Å². The molecule has 0 saturated carbocycles. The van der Waals surface area contributed by atoms with Crippen LogP contribution in [0.1, 0.15) is 5.56 Å². The quantitative estimate of drug-likeness (QED) is 0.00339. The van der Waals surface area contributed by atoms with Crippen molar-refractivity contribution >= 4 is 243 Å². The second-order valence-corrected chi connectivity index (χ2v) is 36.0. The molecule has 0 atom stereocenters. The normalized spacial score (nSPS) is 12.4. The maximum absolute atomic E-state index is 12.7. The number of hydrogen-bond donors (Lipinski definition) is 15. The van der Waals surface area contributed by atoms with E-state index in [2.05, 4.69) is 115 Å². The Labute approximate surface area is 706 Å². The summed E-state index contributed by atoms with van der Waals surface area (Å²) in [5.41, 5.74) is 17.8. The first-order valence-electron chi connectivity index (χ1n) is 31.6. The van der Waals surface area contributed by atoms with Crippen molar-refractivity contribution in [1.82, 2.24) is 29.9 Å². The molecule has 64 heteroatoms. The minimum atomic E-state index is -5.12. The Hall–Kier alpha value is -11.1. The van der Waals surface area contributed by atoms with Crippen LogP contribution in [0.2, 0.25) is 10.6 Å². The number of aryl methyl sites for hydroxylation is 1. The third kappa shape index (κ3) is 27.7. The van der Waals surface area contributed by atoms with Gasteiger partial charge in [-0.2, -0.15) is 82.2 Å². The number of anilines is 11. The van der Waals surface area contributed by atoms with Crippen LogP contribution in [0, 0.1) is 6.92 Å². The van der Waals surface area contributed by atoms with Crippen molar-refractivity contribution in [2.45, 2.75) is 41.2 Å². The van der Waals surface area contributed by atoms with Gasteiger partial charge in [-0.05, 0) is 151 Å². The van der Waals surface area contributed by atoms with Crippen LogP contribution in [0.5, 0.6) is 5.75 Å². The third-order valence-corrected chi connectivity index (χ3v) is 23.3. The van der Waals surface area contributed by atoms with Crippen LogP contribution in [0.25, 0.3) is 10.8 Å². The van der Waals surface area contributed by atoms with E-state index in [-0.39, 0.29) is 109 Å². The zero-order valence-corrected chi connectivity index (χ0v) is 69.9. The van der Waals surface area contributed by atoms with Crippen LogP contribution < -0.4 is 38.5 Å². The highest BCUT2D eigenvalue weighted by Crippen LogP contribution is 2.50. The number of nitrogens with one attached hydrogen (secondary N) is 4. The highest BCUT2D eigenvalue weighted by molar-refractivity contribution is 7.94. The Bertz CT molecular complexity index is 6790. The Morgan fingerprint density at radius 3 is 1.26 bits per heavy atom. The average molecular weight is 1930 g/mol. The number of hydrogen-bond acceptors (Lipinski definition) is 49. The van der Waals surface area contributed by atoms with Crippen molar-refractivity contribution in [1.29, 1.82) is 0 Å². The van der Waals surface area contributed by atoms with Gasteiger partial charge in [0, 0.05) is 29.8 Å². The number of aromatic nitrogens is 6. The summed E-state index contributed by atoms with van der Waals surface area (Å²) in [4.78, 5) is 19.6. The van der Waals surface area contributed by atoms with Crippen LogP contribution >= 0.6 is 47.6 Å². The molecule has 10 aromatic rings. The molecule has 0 spiro atoms. The number of benzene rings is 8. The fourth-order valence-electron chi connectivity index (χ4n) is 9.50. The summed E-state index contributed by atoms with van der Waals surface area (Å²) in [5, 5.41) is 76.1. The first-order chi connectivity index (χ1) is 57.0. The maximum Gasteiger partial charge on any atom is 0.425 e. The minimum Gasteiger partial charge on any atom is -0.505 e. The number of halogens is 2. The first kappa shape index (κ1) is 96.3. The van der Waals surface area contributed by atoms with Gasteiger partial charge in [0.05, 0.1) is 73.9 Å². The summed E-state index contributed by atoms with van der Waals surface area (Å²) < 4.78 is 260. The van der Waals surface area contributed by atoms with Crippen LogP contribution in [0.3, 0.4) is 0 Å². The van der Waals surface area contributed by atoms with Crippen LogP contribution in [0.4, 0.5) is 103 Å². The second-order valence-electron chi connectivity index (χ2n) is 22.8. The number of aromatic hydroxyl groups is 1. The molecule has 0 amide bonds. The summed E-state index contributed by atoms with van der Waals surface area (Å²) in [7, 11) is -35.5. The van der Waals surface area contributed by atoms with E-state index >= 15 is 0 Å². The van der Waals surface area contributed by atoms with E-state index in [1.165, 1.54) is 49.5 Å². The third-order valence-electron chi connectivity index (χ3n) is 14.6. The minimum absolute atomic E-state index is 0.0323.